The molecule has 1 aromatic carbocycles. The van der Waals surface area contributed by atoms with E-state index in [1.165, 1.54) is 0 Å². The lowest BCUT2D eigenvalue weighted by Crippen LogP contribution is -2.34. The summed E-state index contributed by atoms with van der Waals surface area (Å²) in [5, 5.41) is 3.81. The zero-order valence-electron chi connectivity index (χ0n) is 14.8. The van der Waals surface area contributed by atoms with Gasteiger partial charge in [0.1, 0.15) is 5.76 Å². The number of carbonyl (C=O) groups excluding carboxylic acids is 1. The Kier molecular flexibility index (Phi) is 4.81. The van der Waals surface area contributed by atoms with Crippen LogP contribution in [0.2, 0.25) is 0 Å². The Morgan fingerprint density at radius 2 is 2.08 bits per heavy atom. The van der Waals surface area contributed by atoms with Crippen molar-refractivity contribution in [3.05, 3.63) is 53.7 Å². The molecule has 1 unspecified atom stereocenters. The molecule has 0 spiro atoms. The third kappa shape index (κ3) is 3.25. The second kappa shape index (κ2) is 7.03. The first-order valence-electron chi connectivity index (χ1n) is 8.07. The molecule has 0 saturated carbocycles. The molecule has 0 fully saturated rings. The van der Waals surface area contributed by atoms with Crippen LogP contribution in [0.1, 0.15) is 27.9 Å². The van der Waals surface area contributed by atoms with Crippen molar-refractivity contribution < 1.29 is 18.4 Å². The third-order valence-electron chi connectivity index (χ3n) is 4.30. The maximum atomic E-state index is 12.6. The highest BCUT2D eigenvalue weighted by Gasteiger charge is 2.22. The molecule has 2 heterocycles. The number of methoxy groups -OCH3 is 1. The number of aryl methyl sites for hydroxylation is 1. The van der Waals surface area contributed by atoms with Crippen LogP contribution in [-0.2, 0) is 0 Å². The molecular formula is C19H22N2O4. The quantitative estimate of drug-likeness (QED) is 0.744. The number of fused-ring (bicyclic) bond motifs is 1. The topological polar surface area (TPSA) is 67.8 Å². The average molecular weight is 342 g/mol. The summed E-state index contributed by atoms with van der Waals surface area (Å²) in [6.07, 6.45) is 1.63. The number of likely N-dealkylation sites (N-methyl/N-ethyl adjacent to an activating group) is 1. The van der Waals surface area contributed by atoms with Crippen molar-refractivity contribution in [1.82, 2.24) is 10.2 Å². The highest BCUT2D eigenvalue weighted by Crippen LogP contribution is 2.32. The zero-order valence-corrected chi connectivity index (χ0v) is 14.8. The summed E-state index contributed by atoms with van der Waals surface area (Å²) in [5.74, 6) is 1.46. The second-order valence-electron chi connectivity index (χ2n) is 6.10. The van der Waals surface area contributed by atoms with Gasteiger partial charge in [0.05, 0.1) is 19.4 Å². The van der Waals surface area contributed by atoms with Crippen molar-refractivity contribution >= 4 is 16.9 Å². The van der Waals surface area contributed by atoms with Gasteiger partial charge in [-0.3, -0.25) is 9.69 Å². The van der Waals surface area contributed by atoms with Crippen LogP contribution >= 0.6 is 0 Å². The summed E-state index contributed by atoms with van der Waals surface area (Å²) < 4.78 is 16.6. The Labute approximate surface area is 146 Å². The van der Waals surface area contributed by atoms with Gasteiger partial charge < -0.3 is 18.9 Å². The predicted molar refractivity (Wildman–Crippen MR) is 95.0 cm³/mol. The Morgan fingerprint density at radius 1 is 1.28 bits per heavy atom. The van der Waals surface area contributed by atoms with Crippen LogP contribution in [0.3, 0.4) is 0 Å². The summed E-state index contributed by atoms with van der Waals surface area (Å²) in [4.78, 5) is 14.6. The van der Waals surface area contributed by atoms with Crippen LogP contribution < -0.4 is 10.1 Å². The first kappa shape index (κ1) is 17.1. The van der Waals surface area contributed by atoms with E-state index in [0.29, 0.717) is 23.6 Å². The van der Waals surface area contributed by atoms with Crippen molar-refractivity contribution in [2.45, 2.75) is 13.0 Å². The molecule has 132 valence electrons. The van der Waals surface area contributed by atoms with Crippen molar-refractivity contribution in [1.29, 1.82) is 0 Å². The van der Waals surface area contributed by atoms with E-state index in [-0.39, 0.29) is 11.9 Å². The minimum Gasteiger partial charge on any atom is -0.493 e. The van der Waals surface area contributed by atoms with Gasteiger partial charge in [-0.05, 0) is 39.2 Å². The van der Waals surface area contributed by atoms with Gasteiger partial charge in [0, 0.05) is 17.5 Å². The largest absolute Gasteiger partial charge is 0.493 e. The normalized spacial score (nSPS) is 12.5. The molecule has 0 aliphatic rings. The van der Waals surface area contributed by atoms with Crippen molar-refractivity contribution in [2.24, 2.45) is 0 Å². The highest BCUT2D eigenvalue weighted by atomic mass is 16.5. The standard InChI is InChI=1S/C19H22N2O4/c1-12-13-7-5-8-16(23-4)18(13)25-17(12)19(22)20-11-14(21(2)3)15-9-6-10-24-15/h5-10,14H,11H2,1-4H3,(H,20,22). The summed E-state index contributed by atoms with van der Waals surface area (Å²) in [7, 11) is 5.46. The fourth-order valence-corrected chi connectivity index (χ4v) is 2.88. The minimum absolute atomic E-state index is 0.0572. The van der Waals surface area contributed by atoms with Crippen LogP contribution in [0.15, 0.2) is 45.4 Å². The number of hydrogen-bond acceptors (Lipinski definition) is 5. The molecule has 1 amide bonds. The maximum absolute atomic E-state index is 12.6. The summed E-state index contributed by atoms with van der Waals surface area (Å²) in [5.41, 5.74) is 1.38. The monoisotopic (exact) mass is 342 g/mol. The van der Waals surface area contributed by atoms with Gasteiger partial charge >= 0.3 is 0 Å². The maximum Gasteiger partial charge on any atom is 0.287 e. The summed E-state index contributed by atoms with van der Waals surface area (Å²) in [6, 6.07) is 9.28. The third-order valence-corrected chi connectivity index (χ3v) is 4.30. The summed E-state index contributed by atoms with van der Waals surface area (Å²) in [6.45, 7) is 2.28. The molecule has 6 nitrogen and oxygen atoms in total. The van der Waals surface area contributed by atoms with E-state index >= 15 is 0 Å². The number of benzene rings is 1. The van der Waals surface area contributed by atoms with Gasteiger partial charge in [0.25, 0.3) is 5.91 Å². The molecule has 1 N–H and O–H groups in total. The molecule has 0 aliphatic carbocycles. The van der Waals surface area contributed by atoms with Crippen LogP contribution in [0.5, 0.6) is 5.75 Å². The Hall–Kier alpha value is -2.73. The molecule has 25 heavy (non-hydrogen) atoms. The van der Waals surface area contributed by atoms with E-state index in [2.05, 4.69) is 5.32 Å². The Balaban J connectivity index is 1.82. The molecular weight excluding hydrogens is 320 g/mol. The molecule has 0 radical (unpaired) electrons. The zero-order chi connectivity index (χ0) is 18.0. The Morgan fingerprint density at radius 3 is 2.72 bits per heavy atom. The van der Waals surface area contributed by atoms with Gasteiger partial charge in [-0.2, -0.15) is 0 Å². The highest BCUT2D eigenvalue weighted by molar-refractivity contribution is 6.00. The van der Waals surface area contributed by atoms with Crippen molar-refractivity contribution in [3.8, 4) is 5.75 Å². The van der Waals surface area contributed by atoms with E-state index < -0.39 is 0 Å². The van der Waals surface area contributed by atoms with Crippen molar-refractivity contribution in [3.63, 3.8) is 0 Å². The SMILES string of the molecule is COc1cccc2c(C)c(C(=O)NCC(c3ccco3)N(C)C)oc12. The first-order chi connectivity index (χ1) is 12.0. The smallest absolute Gasteiger partial charge is 0.287 e. The van der Waals surface area contributed by atoms with E-state index in [1.807, 2.05) is 56.3 Å². The molecule has 0 saturated heterocycles. The first-order valence-corrected chi connectivity index (χ1v) is 8.07. The van der Waals surface area contributed by atoms with E-state index in [1.54, 1.807) is 13.4 Å². The minimum atomic E-state index is -0.255. The van der Waals surface area contributed by atoms with E-state index in [4.69, 9.17) is 13.6 Å². The predicted octanol–water partition coefficient (Wildman–Crippen LogP) is 3.38. The van der Waals surface area contributed by atoms with Crippen LogP contribution in [0.25, 0.3) is 11.0 Å². The number of para-hydroxylation sites is 1. The number of nitrogens with zero attached hydrogens (tertiary/aromatic N) is 1. The van der Waals surface area contributed by atoms with E-state index in [0.717, 1.165) is 16.7 Å². The molecule has 1 atom stereocenters. The van der Waals surface area contributed by atoms with Crippen LogP contribution in [-0.4, -0.2) is 38.6 Å². The molecule has 0 aliphatic heterocycles. The number of rotatable bonds is 6. The van der Waals surface area contributed by atoms with Gasteiger partial charge in [0.2, 0.25) is 0 Å². The summed E-state index contributed by atoms with van der Waals surface area (Å²) >= 11 is 0. The van der Waals surface area contributed by atoms with Gasteiger partial charge in [0.15, 0.2) is 17.1 Å². The van der Waals surface area contributed by atoms with Crippen LogP contribution in [0.4, 0.5) is 0 Å². The van der Waals surface area contributed by atoms with Crippen molar-refractivity contribution in [2.75, 3.05) is 27.7 Å². The lowest BCUT2D eigenvalue weighted by molar-refractivity contribution is 0.0912. The van der Waals surface area contributed by atoms with E-state index in [9.17, 15) is 4.79 Å². The van der Waals surface area contributed by atoms with Gasteiger partial charge in [-0.25, -0.2) is 0 Å². The molecule has 3 aromatic rings. The number of carbonyl (C=O) groups is 1. The van der Waals surface area contributed by atoms with Crippen LogP contribution in [0, 0.1) is 6.92 Å². The van der Waals surface area contributed by atoms with Gasteiger partial charge in [-0.15, -0.1) is 0 Å². The number of amides is 1. The number of hydrogen-bond donors (Lipinski definition) is 1. The fraction of sp³-hybridized carbons (Fsp3) is 0.316. The number of ether oxygens (including phenoxy) is 1. The lowest BCUT2D eigenvalue weighted by Gasteiger charge is -2.22. The molecule has 2 aromatic heterocycles. The average Bonchev–Trinajstić information content (AvgIpc) is 3.23. The van der Waals surface area contributed by atoms with Gasteiger partial charge in [-0.1, -0.05) is 12.1 Å². The Bertz CT molecular complexity index is 865. The number of nitrogens with one attached hydrogen (secondary N) is 1. The fourth-order valence-electron chi connectivity index (χ4n) is 2.88. The number of furan rings is 2. The molecule has 0 bridgehead atoms. The second-order valence-corrected chi connectivity index (χ2v) is 6.10. The molecule has 3 rings (SSSR count). The molecule has 6 heteroatoms. The lowest BCUT2D eigenvalue weighted by atomic mass is 10.1.